The van der Waals surface area contributed by atoms with Crippen LogP contribution in [0.2, 0.25) is 5.15 Å². The van der Waals surface area contributed by atoms with Gasteiger partial charge in [-0.25, -0.2) is 9.97 Å². The van der Waals surface area contributed by atoms with Crippen molar-refractivity contribution in [3.8, 4) is 17.1 Å². The van der Waals surface area contributed by atoms with Crippen molar-refractivity contribution in [2.24, 2.45) is 6.98 Å². The number of ether oxygens (including phenoxy) is 1. The lowest BCUT2D eigenvalue weighted by Crippen LogP contribution is -1.93. The van der Waals surface area contributed by atoms with Crippen LogP contribution in [-0.4, -0.2) is 26.9 Å². The molecule has 0 bridgehead atoms. The normalized spacial score (nSPS) is 14.1. The Morgan fingerprint density at radius 1 is 1.53 bits per heavy atom. The third-order valence-corrected chi connectivity index (χ3v) is 2.07. The Morgan fingerprint density at radius 3 is 3.07 bits per heavy atom. The van der Waals surface area contributed by atoms with Gasteiger partial charge in [0.25, 0.3) is 0 Å². The molecule has 0 spiro atoms. The standard InChI is InChI=1S/C9H9ClN4O/c1-14-5-12-9(13-14)6-3-4-11-8(10)7(6)15-2/h3-5H,1-2H3/i1D3. The fourth-order valence-electron chi connectivity index (χ4n) is 1.18. The van der Waals surface area contributed by atoms with Crippen LogP contribution in [0.1, 0.15) is 4.11 Å². The number of nitrogens with zero attached hydrogens (tertiary/aromatic N) is 4. The van der Waals surface area contributed by atoms with Crippen LogP contribution in [0.5, 0.6) is 5.75 Å². The van der Waals surface area contributed by atoms with Gasteiger partial charge in [-0.15, -0.1) is 0 Å². The third-order valence-electron chi connectivity index (χ3n) is 1.80. The number of rotatable bonds is 2. The maximum absolute atomic E-state index is 7.21. The molecule has 0 saturated heterocycles. The summed E-state index contributed by atoms with van der Waals surface area (Å²) >= 11 is 5.87. The quantitative estimate of drug-likeness (QED) is 0.731. The highest BCUT2D eigenvalue weighted by atomic mass is 35.5. The van der Waals surface area contributed by atoms with E-state index in [4.69, 9.17) is 20.5 Å². The van der Waals surface area contributed by atoms with Crippen molar-refractivity contribution in [3.63, 3.8) is 0 Å². The average Bonchev–Trinajstić information content (AvgIpc) is 2.77. The van der Waals surface area contributed by atoms with Crippen molar-refractivity contribution in [1.82, 2.24) is 19.7 Å². The molecular formula is C9H9ClN4O. The molecule has 0 fully saturated rings. The lowest BCUT2D eigenvalue weighted by molar-refractivity contribution is 0.414. The second-order valence-corrected chi connectivity index (χ2v) is 3.05. The molecule has 0 amide bonds. The predicted octanol–water partition coefficient (Wildman–Crippen LogP) is 1.54. The summed E-state index contributed by atoms with van der Waals surface area (Å²) in [7, 11) is 1.44. The van der Waals surface area contributed by atoms with E-state index in [2.05, 4.69) is 15.1 Å². The van der Waals surface area contributed by atoms with Crippen molar-refractivity contribution in [2.45, 2.75) is 0 Å². The average molecular weight is 228 g/mol. The molecule has 0 aliphatic heterocycles. The van der Waals surface area contributed by atoms with E-state index in [-0.39, 0.29) is 11.0 Å². The van der Waals surface area contributed by atoms with Crippen LogP contribution in [-0.2, 0) is 6.98 Å². The summed E-state index contributed by atoms with van der Waals surface area (Å²) in [6, 6.07) is 1.60. The summed E-state index contributed by atoms with van der Waals surface area (Å²) in [6.45, 7) is -2.37. The number of hydrogen-bond acceptors (Lipinski definition) is 4. The Labute approximate surface area is 95.9 Å². The highest BCUT2D eigenvalue weighted by Gasteiger charge is 2.13. The van der Waals surface area contributed by atoms with Crippen LogP contribution in [0.15, 0.2) is 18.6 Å². The van der Waals surface area contributed by atoms with Gasteiger partial charge in [-0.1, -0.05) is 11.6 Å². The van der Waals surface area contributed by atoms with Gasteiger partial charge in [-0.2, -0.15) is 5.10 Å². The van der Waals surface area contributed by atoms with Crippen LogP contribution in [0.3, 0.4) is 0 Å². The first kappa shape index (κ1) is 6.79. The lowest BCUT2D eigenvalue weighted by atomic mass is 10.2. The van der Waals surface area contributed by atoms with E-state index in [1.54, 1.807) is 6.07 Å². The molecule has 0 unspecified atom stereocenters. The summed E-state index contributed by atoms with van der Waals surface area (Å²) in [4.78, 5) is 7.79. The van der Waals surface area contributed by atoms with Crippen molar-refractivity contribution in [1.29, 1.82) is 0 Å². The minimum atomic E-state index is -2.37. The molecule has 5 nitrogen and oxygen atoms in total. The van der Waals surface area contributed by atoms with Crippen molar-refractivity contribution >= 4 is 11.6 Å². The van der Waals surface area contributed by atoms with Gasteiger partial charge in [0.15, 0.2) is 16.7 Å². The number of aromatic nitrogens is 4. The van der Waals surface area contributed by atoms with Gasteiger partial charge >= 0.3 is 0 Å². The van der Waals surface area contributed by atoms with Crippen LogP contribution in [0, 0.1) is 0 Å². The fraction of sp³-hybridized carbons (Fsp3) is 0.222. The zero-order chi connectivity index (χ0) is 13.3. The largest absolute Gasteiger partial charge is 0.493 e. The van der Waals surface area contributed by atoms with E-state index in [0.29, 0.717) is 11.3 Å². The molecule has 0 aliphatic carbocycles. The molecule has 0 radical (unpaired) electrons. The van der Waals surface area contributed by atoms with Crippen molar-refractivity contribution < 1.29 is 8.85 Å². The summed E-state index contributed by atoms with van der Waals surface area (Å²) in [5.74, 6) is 0.523. The van der Waals surface area contributed by atoms with Crippen molar-refractivity contribution in [2.75, 3.05) is 7.11 Å². The van der Waals surface area contributed by atoms with Gasteiger partial charge in [-0.3, -0.25) is 4.68 Å². The van der Waals surface area contributed by atoms with E-state index in [0.717, 1.165) is 11.0 Å². The van der Waals surface area contributed by atoms with E-state index < -0.39 is 6.98 Å². The second-order valence-electron chi connectivity index (χ2n) is 2.70. The molecule has 0 N–H and O–H groups in total. The van der Waals surface area contributed by atoms with Gasteiger partial charge in [0.2, 0.25) is 0 Å². The molecule has 6 heteroatoms. The third kappa shape index (κ3) is 1.78. The molecule has 0 saturated carbocycles. The Bertz CT molecular complexity index is 569. The second kappa shape index (κ2) is 3.86. The maximum Gasteiger partial charge on any atom is 0.185 e. The zero-order valence-corrected chi connectivity index (χ0v) is 8.56. The number of methoxy groups -OCH3 is 1. The van der Waals surface area contributed by atoms with E-state index in [1.807, 2.05) is 0 Å². The van der Waals surface area contributed by atoms with Gasteiger partial charge in [-0.05, 0) is 6.07 Å². The smallest absolute Gasteiger partial charge is 0.185 e. The van der Waals surface area contributed by atoms with Crippen LogP contribution in [0.4, 0.5) is 0 Å². The Balaban J connectivity index is 2.50. The Morgan fingerprint density at radius 2 is 2.40 bits per heavy atom. The Hall–Kier alpha value is -1.62. The molecule has 0 aliphatic rings. The number of pyridine rings is 1. The van der Waals surface area contributed by atoms with E-state index >= 15 is 0 Å². The maximum atomic E-state index is 7.21. The molecule has 2 rings (SSSR count). The van der Waals surface area contributed by atoms with Gasteiger partial charge in [0, 0.05) is 17.3 Å². The highest BCUT2D eigenvalue weighted by Crippen LogP contribution is 2.32. The van der Waals surface area contributed by atoms with Gasteiger partial charge < -0.3 is 4.74 Å². The molecule has 15 heavy (non-hydrogen) atoms. The van der Waals surface area contributed by atoms with Crippen LogP contribution in [0.25, 0.3) is 11.4 Å². The van der Waals surface area contributed by atoms with E-state index in [1.165, 1.54) is 13.3 Å². The summed E-state index contributed by atoms with van der Waals surface area (Å²) in [6.07, 6.45) is 2.60. The molecule has 2 aromatic rings. The molecule has 0 aromatic carbocycles. The highest BCUT2D eigenvalue weighted by molar-refractivity contribution is 6.31. The Kier molecular flexibility index (Phi) is 1.75. The fourth-order valence-corrected chi connectivity index (χ4v) is 1.41. The van der Waals surface area contributed by atoms with Crippen LogP contribution >= 0.6 is 11.6 Å². The molecule has 2 aromatic heterocycles. The SMILES string of the molecule is [2H]C([2H])([2H])n1cnc(-c2ccnc(Cl)c2OC)n1. The molecular weight excluding hydrogens is 216 g/mol. The zero-order valence-electron chi connectivity index (χ0n) is 10.8. The first-order valence-corrected chi connectivity index (χ1v) is 4.42. The monoisotopic (exact) mass is 227 g/mol. The number of hydrogen-bond donors (Lipinski definition) is 0. The first-order valence-electron chi connectivity index (χ1n) is 5.54. The van der Waals surface area contributed by atoms with E-state index in [9.17, 15) is 0 Å². The molecule has 2 heterocycles. The summed E-state index contributed by atoms with van der Waals surface area (Å²) in [5.41, 5.74) is 0.487. The van der Waals surface area contributed by atoms with Gasteiger partial charge in [0.1, 0.15) is 6.33 Å². The molecule has 0 atom stereocenters. The number of aryl methyl sites for hydroxylation is 1. The topological polar surface area (TPSA) is 52.8 Å². The summed E-state index contributed by atoms with van der Waals surface area (Å²) < 4.78 is 27.5. The summed E-state index contributed by atoms with van der Waals surface area (Å²) in [5, 5.41) is 4.05. The van der Waals surface area contributed by atoms with Crippen molar-refractivity contribution in [3.05, 3.63) is 23.7 Å². The molecule has 78 valence electrons. The lowest BCUT2D eigenvalue weighted by Gasteiger charge is -2.05. The minimum Gasteiger partial charge on any atom is -0.493 e. The predicted molar refractivity (Wildman–Crippen MR) is 55.8 cm³/mol. The minimum absolute atomic E-state index is 0.167. The van der Waals surface area contributed by atoms with Crippen LogP contribution < -0.4 is 4.74 Å². The number of halogens is 1. The first-order chi connectivity index (χ1) is 8.43. The van der Waals surface area contributed by atoms with Gasteiger partial charge in [0.05, 0.1) is 12.7 Å².